The maximum atomic E-state index is 13.6. The third-order valence-corrected chi connectivity index (χ3v) is 3.26. The number of halogens is 1. The fraction of sp³-hybridized carbons (Fsp3) is 0.667. The summed E-state index contributed by atoms with van der Waals surface area (Å²) >= 11 is 0. The lowest BCUT2D eigenvalue weighted by atomic mass is 10.2. The molecule has 5 nitrogen and oxygen atoms in total. The van der Waals surface area contributed by atoms with Crippen LogP contribution in [-0.4, -0.2) is 47.6 Å². The molecule has 1 aromatic rings. The number of hydrogen-bond acceptors (Lipinski definition) is 5. The van der Waals surface area contributed by atoms with Crippen LogP contribution in [0.25, 0.3) is 0 Å². The molecule has 1 fully saturated rings. The van der Waals surface area contributed by atoms with Crippen molar-refractivity contribution in [2.75, 3.05) is 37.3 Å². The first kappa shape index (κ1) is 13.0. The SMILES string of the molecule is CCNc1ncc(F)c(NCC2CCCN2C)n1. The second-order valence-corrected chi connectivity index (χ2v) is 4.58. The topological polar surface area (TPSA) is 53.1 Å². The highest BCUT2D eigenvalue weighted by Crippen LogP contribution is 2.17. The quantitative estimate of drug-likeness (QED) is 0.834. The predicted octanol–water partition coefficient (Wildman–Crippen LogP) is 1.55. The van der Waals surface area contributed by atoms with E-state index in [-0.39, 0.29) is 5.82 Å². The lowest BCUT2D eigenvalue weighted by Crippen LogP contribution is -2.32. The Hall–Kier alpha value is -1.43. The van der Waals surface area contributed by atoms with Crippen LogP contribution in [0.4, 0.5) is 16.2 Å². The summed E-state index contributed by atoms with van der Waals surface area (Å²) in [6.45, 7) is 4.50. The third kappa shape index (κ3) is 3.07. The molecule has 0 amide bonds. The van der Waals surface area contributed by atoms with Gasteiger partial charge in [0.25, 0.3) is 0 Å². The normalized spacial score (nSPS) is 20.1. The molecule has 100 valence electrons. The zero-order valence-electron chi connectivity index (χ0n) is 10.9. The molecule has 1 aliphatic rings. The van der Waals surface area contributed by atoms with Crippen molar-refractivity contribution >= 4 is 11.8 Å². The molecule has 2 heterocycles. The average Bonchev–Trinajstić information content (AvgIpc) is 2.76. The molecule has 1 aliphatic heterocycles. The monoisotopic (exact) mass is 253 g/mol. The summed E-state index contributed by atoms with van der Waals surface area (Å²) in [7, 11) is 2.10. The highest BCUT2D eigenvalue weighted by Gasteiger charge is 2.21. The summed E-state index contributed by atoms with van der Waals surface area (Å²) in [5, 5.41) is 6.05. The van der Waals surface area contributed by atoms with Crippen LogP contribution in [0.2, 0.25) is 0 Å². The molecule has 0 saturated carbocycles. The van der Waals surface area contributed by atoms with E-state index < -0.39 is 5.82 Å². The molecule has 6 heteroatoms. The third-order valence-electron chi connectivity index (χ3n) is 3.26. The standard InChI is InChI=1S/C12H20FN5/c1-3-14-12-16-8-10(13)11(17-12)15-7-9-5-4-6-18(9)2/h8-9H,3-7H2,1-2H3,(H2,14,15,16,17). The number of anilines is 2. The minimum absolute atomic E-state index is 0.279. The van der Waals surface area contributed by atoms with Crippen molar-refractivity contribution in [1.29, 1.82) is 0 Å². The molecule has 1 aromatic heterocycles. The van der Waals surface area contributed by atoms with Crippen molar-refractivity contribution in [1.82, 2.24) is 14.9 Å². The van der Waals surface area contributed by atoms with Gasteiger partial charge in [-0.2, -0.15) is 4.98 Å². The number of nitrogens with one attached hydrogen (secondary N) is 2. The second-order valence-electron chi connectivity index (χ2n) is 4.58. The first-order valence-electron chi connectivity index (χ1n) is 6.41. The van der Waals surface area contributed by atoms with E-state index in [1.807, 2.05) is 6.92 Å². The van der Waals surface area contributed by atoms with Gasteiger partial charge in [0, 0.05) is 19.1 Å². The number of aromatic nitrogens is 2. The minimum atomic E-state index is -0.405. The number of nitrogens with zero attached hydrogens (tertiary/aromatic N) is 3. The Labute approximate surface area is 107 Å². The Bertz CT molecular complexity index is 398. The van der Waals surface area contributed by atoms with Crippen molar-refractivity contribution < 1.29 is 4.39 Å². The van der Waals surface area contributed by atoms with Crippen LogP contribution >= 0.6 is 0 Å². The van der Waals surface area contributed by atoms with Crippen molar-refractivity contribution in [3.8, 4) is 0 Å². The highest BCUT2D eigenvalue weighted by molar-refractivity contribution is 5.41. The molecular weight excluding hydrogens is 233 g/mol. The summed E-state index contributed by atoms with van der Waals surface area (Å²) in [4.78, 5) is 10.3. The van der Waals surface area contributed by atoms with Crippen LogP contribution in [0.5, 0.6) is 0 Å². The van der Waals surface area contributed by atoms with Crippen molar-refractivity contribution in [2.24, 2.45) is 0 Å². The Morgan fingerprint density at radius 2 is 2.33 bits per heavy atom. The molecule has 1 unspecified atom stereocenters. The van der Waals surface area contributed by atoms with Crippen LogP contribution in [0.15, 0.2) is 6.20 Å². The first-order valence-corrected chi connectivity index (χ1v) is 6.41. The Morgan fingerprint density at radius 1 is 1.50 bits per heavy atom. The lowest BCUT2D eigenvalue weighted by molar-refractivity contribution is 0.322. The lowest BCUT2D eigenvalue weighted by Gasteiger charge is -2.20. The van der Waals surface area contributed by atoms with Gasteiger partial charge in [0.1, 0.15) is 0 Å². The molecule has 0 bridgehead atoms. The number of hydrogen-bond donors (Lipinski definition) is 2. The van der Waals surface area contributed by atoms with Crippen LogP contribution in [0.3, 0.4) is 0 Å². The van der Waals surface area contributed by atoms with E-state index in [1.165, 1.54) is 12.6 Å². The first-order chi connectivity index (χ1) is 8.70. The van der Waals surface area contributed by atoms with Gasteiger partial charge < -0.3 is 15.5 Å². The van der Waals surface area contributed by atoms with E-state index >= 15 is 0 Å². The van der Waals surface area contributed by atoms with E-state index in [0.29, 0.717) is 12.0 Å². The number of likely N-dealkylation sites (tertiary alicyclic amines) is 1. The van der Waals surface area contributed by atoms with Crippen LogP contribution in [-0.2, 0) is 0 Å². The Kier molecular flexibility index (Phi) is 4.30. The summed E-state index contributed by atoms with van der Waals surface area (Å²) in [6.07, 6.45) is 3.56. The van der Waals surface area contributed by atoms with Gasteiger partial charge >= 0.3 is 0 Å². The van der Waals surface area contributed by atoms with Gasteiger partial charge in [0.2, 0.25) is 5.95 Å². The van der Waals surface area contributed by atoms with E-state index in [4.69, 9.17) is 0 Å². The average molecular weight is 253 g/mol. The van der Waals surface area contributed by atoms with Gasteiger partial charge in [-0.25, -0.2) is 9.37 Å². The molecular formula is C12H20FN5. The van der Waals surface area contributed by atoms with Gasteiger partial charge in [0.05, 0.1) is 6.20 Å². The Balaban J connectivity index is 1.97. The molecule has 0 radical (unpaired) electrons. The molecule has 0 aliphatic carbocycles. The van der Waals surface area contributed by atoms with E-state index in [9.17, 15) is 4.39 Å². The van der Waals surface area contributed by atoms with Crippen LogP contribution in [0.1, 0.15) is 19.8 Å². The zero-order valence-corrected chi connectivity index (χ0v) is 10.9. The van der Waals surface area contributed by atoms with Gasteiger partial charge in [-0.05, 0) is 33.4 Å². The van der Waals surface area contributed by atoms with E-state index in [0.717, 1.165) is 26.1 Å². The number of likely N-dealkylation sites (N-methyl/N-ethyl adjacent to an activating group) is 1. The largest absolute Gasteiger partial charge is 0.366 e. The fourth-order valence-corrected chi connectivity index (χ4v) is 2.19. The zero-order chi connectivity index (χ0) is 13.0. The predicted molar refractivity (Wildman–Crippen MR) is 70.3 cm³/mol. The van der Waals surface area contributed by atoms with Crippen molar-refractivity contribution in [2.45, 2.75) is 25.8 Å². The molecule has 2 N–H and O–H groups in total. The van der Waals surface area contributed by atoms with Crippen molar-refractivity contribution in [3.05, 3.63) is 12.0 Å². The van der Waals surface area contributed by atoms with Gasteiger partial charge in [-0.3, -0.25) is 0 Å². The van der Waals surface area contributed by atoms with E-state index in [2.05, 4.69) is 32.5 Å². The van der Waals surface area contributed by atoms with Crippen LogP contribution < -0.4 is 10.6 Å². The molecule has 1 saturated heterocycles. The maximum Gasteiger partial charge on any atom is 0.224 e. The minimum Gasteiger partial charge on any atom is -0.366 e. The molecule has 0 aromatic carbocycles. The number of rotatable bonds is 5. The van der Waals surface area contributed by atoms with Gasteiger partial charge in [-0.1, -0.05) is 0 Å². The summed E-state index contributed by atoms with van der Waals surface area (Å²) in [5.74, 6) is 0.333. The summed E-state index contributed by atoms with van der Waals surface area (Å²) < 4.78 is 13.6. The molecule has 1 atom stereocenters. The highest BCUT2D eigenvalue weighted by atomic mass is 19.1. The van der Waals surface area contributed by atoms with Gasteiger partial charge in [0.15, 0.2) is 11.6 Å². The summed E-state index contributed by atoms with van der Waals surface area (Å²) in [5.41, 5.74) is 0. The smallest absolute Gasteiger partial charge is 0.224 e. The fourth-order valence-electron chi connectivity index (χ4n) is 2.19. The van der Waals surface area contributed by atoms with Crippen molar-refractivity contribution in [3.63, 3.8) is 0 Å². The van der Waals surface area contributed by atoms with E-state index in [1.54, 1.807) is 0 Å². The summed E-state index contributed by atoms with van der Waals surface area (Å²) in [6, 6.07) is 0.460. The molecule has 18 heavy (non-hydrogen) atoms. The Morgan fingerprint density at radius 3 is 3.00 bits per heavy atom. The maximum absolute atomic E-state index is 13.6. The second kappa shape index (κ2) is 5.95. The van der Waals surface area contributed by atoms with Crippen LogP contribution in [0, 0.1) is 5.82 Å². The molecule has 2 rings (SSSR count). The molecule has 0 spiro atoms. The van der Waals surface area contributed by atoms with Gasteiger partial charge in [-0.15, -0.1) is 0 Å².